The quantitative estimate of drug-likeness (QED) is 0.516. The van der Waals surface area contributed by atoms with E-state index in [4.69, 9.17) is 4.42 Å². The lowest BCUT2D eigenvalue weighted by Crippen LogP contribution is -2.29. The number of fused-ring (bicyclic) bond motifs is 1. The van der Waals surface area contributed by atoms with E-state index < -0.39 is 0 Å². The molecule has 29 heavy (non-hydrogen) atoms. The van der Waals surface area contributed by atoms with Crippen LogP contribution in [0.1, 0.15) is 31.2 Å². The molecule has 148 valence electrons. The first-order valence-corrected chi connectivity index (χ1v) is 9.84. The second kappa shape index (κ2) is 8.31. The molecule has 0 aliphatic heterocycles. The molecule has 0 saturated carbocycles. The molecule has 0 aliphatic carbocycles. The molecule has 0 radical (unpaired) electrons. The first-order chi connectivity index (χ1) is 14.1. The molecule has 2 heterocycles. The van der Waals surface area contributed by atoms with E-state index in [0.717, 1.165) is 23.0 Å². The summed E-state index contributed by atoms with van der Waals surface area (Å²) in [6, 6.07) is 20.1. The van der Waals surface area contributed by atoms with Gasteiger partial charge < -0.3 is 14.3 Å². The first-order valence-electron chi connectivity index (χ1n) is 9.84. The Morgan fingerprint density at radius 2 is 1.83 bits per heavy atom. The van der Waals surface area contributed by atoms with E-state index in [1.54, 1.807) is 0 Å². The van der Waals surface area contributed by atoms with Gasteiger partial charge in [-0.1, -0.05) is 62.4 Å². The van der Waals surface area contributed by atoms with Crippen LogP contribution in [0.25, 0.3) is 22.5 Å². The highest BCUT2D eigenvalue weighted by molar-refractivity contribution is 5.88. The van der Waals surface area contributed by atoms with Crippen molar-refractivity contribution in [1.82, 2.24) is 20.1 Å². The van der Waals surface area contributed by atoms with Crippen molar-refractivity contribution in [2.24, 2.45) is 0 Å². The van der Waals surface area contributed by atoms with Crippen molar-refractivity contribution in [2.45, 2.75) is 32.7 Å². The zero-order valence-electron chi connectivity index (χ0n) is 16.6. The fourth-order valence-corrected chi connectivity index (χ4v) is 3.32. The van der Waals surface area contributed by atoms with Crippen molar-refractivity contribution in [1.29, 1.82) is 0 Å². The Morgan fingerprint density at radius 3 is 2.59 bits per heavy atom. The highest BCUT2D eigenvalue weighted by atomic mass is 16.4. The Bertz CT molecular complexity index is 1110. The van der Waals surface area contributed by atoms with Gasteiger partial charge in [0.05, 0.1) is 0 Å². The largest absolute Gasteiger partial charge is 0.419 e. The second-order valence-electron chi connectivity index (χ2n) is 7.36. The first kappa shape index (κ1) is 18.9. The summed E-state index contributed by atoms with van der Waals surface area (Å²) in [5, 5.41) is 12.4. The lowest BCUT2D eigenvalue weighted by atomic mass is 10.1. The van der Waals surface area contributed by atoms with E-state index in [1.807, 2.05) is 66.9 Å². The molecular formula is C23H24N4O2. The molecule has 1 N–H and O–H groups in total. The van der Waals surface area contributed by atoms with Crippen LogP contribution in [0.3, 0.4) is 0 Å². The summed E-state index contributed by atoms with van der Waals surface area (Å²) in [5.41, 5.74) is 2.92. The standard InChI is InChI=1S/C23H24N4O2/c1-16(2)22-25-26-23(29-22)20-14-18-10-6-7-11-19(18)27(20)15-21(28)24-13-12-17-8-4-3-5-9-17/h3-11,14,16H,12-13,15H2,1-2H3,(H,24,28). The van der Waals surface area contributed by atoms with Crippen molar-refractivity contribution >= 4 is 16.8 Å². The van der Waals surface area contributed by atoms with Gasteiger partial charge in [0.15, 0.2) is 0 Å². The van der Waals surface area contributed by atoms with Crippen LogP contribution in [0.5, 0.6) is 0 Å². The Kier molecular flexibility index (Phi) is 5.42. The predicted molar refractivity (Wildman–Crippen MR) is 112 cm³/mol. The minimum Gasteiger partial charge on any atom is -0.419 e. The predicted octanol–water partition coefficient (Wildman–Crippen LogP) is 4.17. The average molecular weight is 388 g/mol. The maximum Gasteiger partial charge on any atom is 0.264 e. The van der Waals surface area contributed by atoms with Gasteiger partial charge in [0.1, 0.15) is 12.2 Å². The lowest BCUT2D eigenvalue weighted by molar-refractivity contribution is -0.121. The average Bonchev–Trinajstić information content (AvgIpc) is 3.34. The van der Waals surface area contributed by atoms with Gasteiger partial charge in [-0.2, -0.15) is 0 Å². The van der Waals surface area contributed by atoms with Gasteiger partial charge in [-0.3, -0.25) is 4.79 Å². The maximum atomic E-state index is 12.6. The second-order valence-corrected chi connectivity index (χ2v) is 7.36. The summed E-state index contributed by atoms with van der Waals surface area (Å²) >= 11 is 0. The van der Waals surface area contributed by atoms with Crippen LogP contribution < -0.4 is 5.32 Å². The molecule has 0 saturated heterocycles. The van der Waals surface area contributed by atoms with Crippen LogP contribution in [-0.2, 0) is 17.8 Å². The summed E-state index contributed by atoms with van der Waals surface area (Å²) in [7, 11) is 0. The normalized spacial score (nSPS) is 11.3. The molecule has 0 fully saturated rings. The molecule has 0 spiro atoms. The minimum absolute atomic E-state index is 0.0490. The Labute approximate surface area is 169 Å². The molecule has 2 aromatic heterocycles. The lowest BCUT2D eigenvalue weighted by Gasteiger charge is -2.10. The topological polar surface area (TPSA) is 73.0 Å². The Balaban J connectivity index is 1.54. The summed E-state index contributed by atoms with van der Waals surface area (Å²) in [5.74, 6) is 1.12. The van der Waals surface area contributed by atoms with Crippen LogP contribution in [0.4, 0.5) is 0 Å². The smallest absolute Gasteiger partial charge is 0.264 e. The summed E-state index contributed by atoms with van der Waals surface area (Å²) in [4.78, 5) is 12.6. The summed E-state index contributed by atoms with van der Waals surface area (Å²) in [6.45, 7) is 4.80. The van der Waals surface area contributed by atoms with E-state index in [9.17, 15) is 4.79 Å². The van der Waals surface area contributed by atoms with Crippen LogP contribution in [0.15, 0.2) is 65.1 Å². The minimum atomic E-state index is -0.0490. The molecule has 1 amide bonds. The van der Waals surface area contributed by atoms with Crippen molar-refractivity contribution < 1.29 is 9.21 Å². The highest BCUT2D eigenvalue weighted by Gasteiger charge is 2.19. The van der Waals surface area contributed by atoms with E-state index in [2.05, 4.69) is 27.6 Å². The fraction of sp³-hybridized carbons (Fsp3) is 0.261. The zero-order chi connectivity index (χ0) is 20.2. The number of para-hydroxylation sites is 1. The van der Waals surface area contributed by atoms with Gasteiger partial charge in [-0.15, -0.1) is 10.2 Å². The fourth-order valence-electron chi connectivity index (χ4n) is 3.32. The van der Waals surface area contributed by atoms with Crippen molar-refractivity contribution in [3.8, 4) is 11.6 Å². The van der Waals surface area contributed by atoms with Crippen LogP contribution in [-0.4, -0.2) is 27.2 Å². The monoisotopic (exact) mass is 388 g/mol. The van der Waals surface area contributed by atoms with Crippen LogP contribution in [0, 0.1) is 0 Å². The molecule has 2 aromatic carbocycles. The third-order valence-electron chi connectivity index (χ3n) is 4.84. The van der Waals surface area contributed by atoms with Gasteiger partial charge >= 0.3 is 0 Å². The number of benzene rings is 2. The SMILES string of the molecule is CC(C)c1nnc(-c2cc3ccccc3n2CC(=O)NCCc2ccccc2)o1. The van der Waals surface area contributed by atoms with Crippen LogP contribution >= 0.6 is 0 Å². The molecular weight excluding hydrogens is 364 g/mol. The van der Waals surface area contributed by atoms with Gasteiger partial charge in [-0.25, -0.2) is 0 Å². The van der Waals surface area contributed by atoms with Gasteiger partial charge in [0.25, 0.3) is 5.89 Å². The van der Waals surface area contributed by atoms with Crippen molar-refractivity contribution in [2.75, 3.05) is 6.54 Å². The highest BCUT2D eigenvalue weighted by Crippen LogP contribution is 2.28. The number of nitrogens with one attached hydrogen (secondary N) is 1. The van der Waals surface area contributed by atoms with Gasteiger partial charge in [0, 0.05) is 23.4 Å². The van der Waals surface area contributed by atoms with Crippen LogP contribution in [0.2, 0.25) is 0 Å². The number of nitrogens with zero attached hydrogens (tertiary/aromatic N) is 3. The number of aromatic nitrogens is 3. The maximum absolute atomic E-state index is 12.6. The number of amides is 1. The number of carbonyl (C=O) groups excluding carboxylic acids is 1. The van der Waals surface area contributed by atoms with E-state index >= 15 is 0 Å². The number of rotatable bonds is 7. The molecule has 0 unspecified atom stereocenters. The summed E-state index contributed by atoms with van der Waals surface area (Å²) < 4.78 is 7.78. The van der Waals surface area contributed by atoms with Gasteiger partial charge in [-0.05, 0) is 24.1 Å². The zero-order valence-corrected chi connectivity index (χ0v) is 16.6. The molecule has 0 atom stereocenters. The number of hydrogen-bond donors (Lipinski definition) is 1. The molecule has 0 bridgehead atoms. The molecule has 6 heteroatoms. The third kappa shape index (κ3) is 4.21. The molecule has 4 rings (SSSR count). The van der Waals surface area contributed by atoms with E-state index in [1.165, 1.54) is 5.56 Å². The van der Waals surface area contributed by atoms with Gasteiger partial charge in [0.2, 0.25) is 11.8 Å². The molecule has 4 aromatic rings. The van der Waals surface area contributed by atoms with E-state index in [-0.39, 0.29) is 18.4 Å². The van der Waals surface area contributed by atoms with E-state index in [0.29, 0.717) is 18.3 Å². The molecule has 6 nitrogen and oxygen atoms in total. The number of carbonyl (C=O) groups is 1. The summed E-state index contributed by atoms with van der Waals surface area (Å²) in [6.07, 6.45) is 0.799. The molecule has 0 aliphatic rings. The number of hydrogen-bond acceptors (Lipinski definition) is 4. The Hall–Kier alpha value is -3.41. The van der Waals surface area contributed by atoms with Crippen molar-refractivity contribution in [3.05, 3.63) is 72.1 Å². The van der Waals surface area contributed by atoms with Crippen molar-refractivity contribution in [3.63, 3.8) is 0 Å². The third-order valence-corrected chi connectivity index (χ3v) is 4.84. The Morgan fingerprint density at radius 1 is 1.07 bits per heavy atom.